The van der Waals surface area contributed by atoms with Gasteiger partial charge < -0.3 is 5.73 Å². The highest BCUT2D eigenvalue weighted by Crippen LogP contribution is 2.23. The molecule has 0 aromatic carbocycles. The SMILES string of the molecule is CCC(CC)(CC)N=C(N)NO. The van der Waals surface area contributed by atoms with Gasteiger partial charge in [0, 0.05) is 0 Å². The highest BCUT2D eigenvalue weighted by molar-refractivity contribution is 5.77. The van der Waals surface area contributed by atoms with E-state index in [1.807, 2.05) is 5.48 Å². The minimum atomic E-state index is -0.111. The second-order valence-electron chi connectivity index (χ2n) is 2.89. The van der Waals surface area contributed by atoms with Gasteiger partial charge in [-0.2, -0.15) is 0 Å². The molecular formula is C8H19N3O. The Morgan fingerprint density at radius 2 is 1.75 bits per heavy atom. The zero-order valence-corrected chi connectivity index (χ0v) is 8.09. The molecule has 0 rings (SSSR count). The van der Waals surface area contributed by atoms with Gasteiger partial charge in [0.25, 0.3) is 0 Å². The Labute approximate surface area is 73.8 Å². The summed E-state index contributed by atoms with van der Waals surface area (Å²) in [6, 6.07) is 0. The molecule has 0 heterocycles. The van der Waals surface area contributed by atoms with Crippen LogP contribution in [0.5, 0.6) is 0 Å². The zero-order chi connectivity index (χ0) is 9.61. The normalized spacial score (nSPS) is 13.2. The zero-order valence-electron chi connectivity index (χ0n) is 8.09. The highest BCUT2D eigenvalue weighted by atomic mass is 16.5. The van der Waals surface area contributed by atoms with Crippen molar-refractivity contribution < 1.29 is 5.21 Å². The summed E-state index contributed by atoms with van der Waals surface area (Å²) >= 11 is 0. The second kappa shape index (κ2) is 4.98. The summed E-state index contributed by atoms with van der Waals surface area (Å²) in [6.45, 7) is 6.21. The van der Waals surface area contributed by atoms with E-state index in [2.05, 4.69) is 25.8 Å². The van der Waals surface area contributed by atoms with Crippen LogP contribution in [-0.4, -0.2) is 16.7 Å². The van der Waals surface area contributed by atoms with Crippen molar-refractivity contribution in [1.29, 1.82) is 0 Å². The van der Waals surface area contributed by atoms with Gasteiger partial charge >= 0.3 is 0 Å². The van der Waals surface area contributed by atoms with E-state index < -0.39 is 0 Å². The van der Waals surface area contributed by atoms with Crippen LogP contribution in [0.25, 0.3) is 0 Å². The molecule has 0 saturated carbocycles. The first kappa shape index (κ1) is 11.2. The fourth-order valence-electron chi connectivity index (χ4n) is 1.27. The summed E-state index contributed by atoms with van der Waals surface area (Å²) in [7, 11) is 0. The van der Waals surface area contributed by atoms with Gasteiger partial charge in [-0.05, 0) is 19.3 Å². The molecule has 0 aliphatic carbocycles. The molecule has 0 atom stereocenters. The summed E-state index contributed by atoms with van der Waals surface area (Å²) in [5.41, 5.74) is 7.11. The Hall–Kier alpha value is -0.770. The molecule has 4 heteroatoms. The first-order chi connectivity index (χ1) is 5.64. The van der Waals surface area contributed by atoms with Crippen molar-refractivity contribution in [3.63, 3.8) is 0 Å². The van der Waals surface area contributed by atoms with Crippen molar-refractivity contribution in [2.45, 2.75) is 45.6 Å². The van der Waals surface area contributed by atoms with Gasteiger partial charge in [0.1, 0.15) is 0 Å². The number of hydrogen-bond donors (Lipinski definition) is 3. The van der Waals surface area contributed by atoms with Gasteiger partial charge in [0.05, 0.1) is 5.54 Å². The lowest BCUT2D eigenvalue weighted by molar-refractivity contribution is 0.229. The van der Waals surface area contributed by atoms with Crippen LogP contribution in [0.3, 0.4) is 0 Å². The van der Waals surface area contributed by atoms with E-state index in [0.29, 0.717) is 0 Å². The van der Waals surface area contributed by atoms with E-state index in [4.69, 9.17) is 10.9 Å². The van der Waals surface area contributed by atoms with Crippen LogP contribution in [0, 0.1) is 0 Å². The molecule has 0 aromatic rings. The summed E-state index contributed by atoms with van der Waals surface area (Å²) < 4.78 is 0. The molecule has 0 fully saturated rings. The minimum absolute atomic E-state index is 0.0977. The lowest BCUT2D eigenvalue weighted by Gasteiger charge is -2.25. The quantitative estimate of drug-likeness (QED) is 0.340. The molecule has 0 aliphatic rings. The maximum Gasteiger partial charge on any atom is 0.213 e. The van der Waals surface area contributed by atoms with Crippen molar-refractivity contribution in [2.75, 3.05) is 0 Å². The van der Waals surface area contributed by atoms with E-state index in [1.165, 1.54) is 0 Å². The molecule has 0 aliphatic heterocycles. The lowest BCUT2D eigenvalue weighted by atomic mass is 9.91. The fraction of sp³-hybridized carbons (Fsp3) is 0.875. The molecule has 0 aromatic heterocycles. The maximum atomic E-state index is 8.48. The van der Waals surface area contributed by atoms with Crippen molar-refractivity contribution in [2.24, 2.45) is 10.7 Å². The first-order valence-corrected chi connectivity index (χ1v) is 4.39. The van der Waals surface area contributed by atoms with E-state index in [0.717, 1.165) is 19.3 Å². The number of nitrogens with zero attached hydrogens (tertiary/aromatic N) is 1. The second-order valence-corrected chi connectivity index (χ2v) is 2.89. The number of guanidine groups is 1. The smallest absolute Gasteiger partial charge is 0.213 e. The van der Waals surface area contributed by atoms with Gasteiger partial charge in [-0.3, -0.25) is 5.21 Å². The first-order valence-electron chi connectivity index (χ1n) is 4.39. The average molecular weight is 173 g/mol. The van der Waals surface area contributed by atoms with Gasteiger partial charge in [-0.15, -0.1) is 0 Å². The summed E-state index contributed by atoms with van der Waals surface area (Å²) in [4.78, 5) is 4.22. The molecule has 12 heavy (non-hydrogen) atoms. The monoisotopic (exact) mass is 173 g/mol. The lowest BCUT2D eigenvalue weighted by Crippen LogP contribution is -2.35. The molecule has 0 radical (unpaired) electrons. The number of rotatable bonds is 4. The predicted octanol–water partition coefficient (Wildman–Crippen LogP) is 1.25. The van der Waals surface area contributed by atoms with Crippen LogP contribution in [-0.2, 0) is 0 Å². The molecule has 0 amide bonds. The molecular weight excluding hydrogens is 154 g/mol. The Morgan fingerprint density at radius 1 is 1.33 bits per heavy atom. The van der Waals surface area contributed by atoms with Gasteiger partial charge in [-0.25, -0.2) is 10.5 Å². The summed E-state index contributed by atoms with van der Waals surface area (Å²) in [5.74, 6) is 0.0977. The molecule has 0 saturated heterocycles. The number of hydrogen-bond acceptors (Lipinski definition) is 2. The molecule has 0 bridgehead atoms. The predicted molar refractivity (Wildman–Crippen MR) is 50.1 cm³/mol. The molecule has 0 spiro atoms. The van der Waals surface area contributed by atoms with Gasteiger partial charge in [-0.1, -0.05) is 20.8 Å². The Kier molecular flexibility index (Phi) is 4.66. The van der Waals surface area contributed by atoms with E-state index in [-0.39, 0.29) is 11.5 Å². The Balaban J connectivity index is 4.49. The Bertz CT molecular complexity index is 144. The summed E-state index contributed by atoms with van der Waals surface area (Å²) in [5, 5.41) is 8.48. The largest absolute Gasteiger partial charge is 0.368 e. The van der Waals surface area contributed by atoms with Crippen LogP contribution in [0.2, 0.25) is 0 Å². The minimum Gasteiger partial charge on any atom is -0.368 e. The van der Waals surface area contributed by atoms with Crippen molar-refractivity contribution >= 4 is 5.96 Å². The number of aliphatic imine (C=N–C) groups is 1. The van der Waals surface area contributed by atoms with Crippen LogP contribution in [0.4, 0.5) is 0 Å². The topological polar surface area (TPSA) is 70.6 Å². The molecule has 72 valence electrons. The third kappa shape index (κ3) is 2.70. The fourth-order valence-corrected chi connectivity index (χ4v) is 1.27. The molecule has 4 N–H and O–H groups in total. The van der Waals surface area contributed by atoms with Gasteiger partial charge in [0.15, 0.2) is 0 Å². The molecule has 0 unspecified atom stereocenters. The summed E-state index contributed by atoms with van der Waals surface area (Å²) in [6.07, 6.45) is 2.80. The maximum absolute atomic E-state index is 8.48. The standard InChI is InChI=1S/C8H19N3O/c1-4-8(5-2,6-3)10-7(9)11-12/h12H,4-6H2,1-3H3,(H3,9,10,11). The van der Waals surface area contributed by atoms with E-state index in [9.17, 15) is 0 Å². The Morgan fingerprint density at radius 3 is 2.00 bits per heavy atom. The number of hydroxylamine groups is 1. The highest BCUT2D eigenvalue weighted by Gasteiger charge is 2.22. The van der Waals surface area contributed by atoms with Crippen LogP contribution in [0.1, 0.15) is 40.0 Å². The molecule has 4 nitrogen and oxygen atoms in total. The number of nitrogens with two attached hydrogens (primary N) is 1. The van der Waals surface area contributed by atoms with E-state index >= 15 is 0 Å². The van der Waals surface area contributed by atoms with Crippen LogP contribution >= 0.6 is 0 Å². The third-order valence-electron chi connectivity index (χ3n) is 2.45. The number of nitrogens with one attached hydrogen (secondary N) is 1. The third-order valence-corrected chi connectivity index (χ3v) is 2.45. The van der Waals surface area contributed by atoms with Crippen LogP contribution in [0.15, 0.2) is 4.99 Å². The van der Waals surface area contributed by atoms with Crippen molar-refractivity contribution in [1.82, 2.24) is 5.48 Å². The average Bonchev–Trinajstić information content (AvgIpc) is 2.14. The van der Waals surface area contributed by atoms with E-state index in [1.54, 1.807) is 0 Å². The van der Waals surface area contributed by atoms with Crippen molar-refractivity contribution in [3.05, 3.63) is 0 Å². The van der Waals surface area contributed by atoms with Crippen LogP contribution < -0.4 is 11.2 Å². The van der Waals surface area contributed by atoms with Crippen molar-refractivity contribution in [3.8, 4) is 0 Å². The van der Waals surface area contributed by atoms with Gasteiger partial charge in [0.2, 0.25) is 5.96 Å².